The van der Waals surface area contributed by atoms with Crippen LogP contribution in [0.2, 0.25) is 0 Å². The highest BCUT2D eigenvalue weighted by Gasteiger charge is 2.34. The fourth-order valence-corrected chi connectivity index (χ4v) is 2.84. The van der Waals surface area contributed by atoms with Crippen LogP contribution in [0.15, 0.2) is 48.5 Å². The minimum atomic E-state index is -0.935. The molecule has 2 aromatic rings. The predicted molar refractivity (Wildman–Crippen MR) is 89.2 cm³/mol. The number of rotatable bonds is 4. The van der Waals surface area contributed by atoms with Crippen molar-refractivity contribution in [2.75, 3.05) is 0 Å². The predicted octanol–water partition coefficient (Wildman–Crippen LogP) is 3.15. The summed E-state index contributed by atoms with van der Waals surface area (Å²) >= 11 is 0. The average Bonchev–Trinajstić information content (AvgIpc) is 2.58. The Hall–Kier alpha value is -2.82. The number of carboxylic acid groups (broad SMARTS) is 1. The van der Waals surface area contributed by atoms with E-state index in [4.69, 9.17) is 9.84 Å². The Labute approximate surface area is 140 Å². The van der Waals surface area contributed by atoms with E-state index in [1.165, 1.54) is 0 Å². The highest BCUT2D eigenvalue weighted by Crippen LogP contribution is 2.43. The van der Waals surface area contributed by atoms with Crippen LogP contribution < -0.4 is 10.1 Å². The third-order valence-electron chi connectivity index (χ3n) is 4.45. The van der Waals surface area contributed by atoms with Crippen molar-refractivity contribution in [1.82, 2.24) is 5.32 Å². The first-order valence-corrected chi connectivity index (χ1v) is 7.88. The van der Waals surface area contributed by atoms with E-state index >= 15 is 0 Å². The molecule has 0 saturated heterocycles. The standard InChI is InChI=1S/C19H19NO4/c1-11(19(22)23)12(2)20-18(21)17-13-7-3-5-9-15(13)24-16-10-6-4-8-14(16)17/h3-12,17H,1-2H3,(H,20,21)(H,22,23). The number of amides is 1. The summed E-state index contributed by atoms with van der Waals surface area (Å²) in [5, 5.41) is 12.0. The molecule has 2 unspecified atom stereocenters. The molecule has 2 N–H and O–H groups in total. The largest absolute Gasteiger partial charge is 0.481 e. The summed E-state index contributed by atoms with van der Waals surface area (Å²) < 4.78 is 5.87. The van der Waals surface area contributed by atoms with Crippen molar-refractivity contribution in [1.29, 1.82) is 0 Å². The fourth-order valence-electron chi connectivity index (χ4n) is 2.84. The Bertz CT molecular complexity index is 741. The Kier molecular flexibility index (Phi) is 4.25. The number of para-hydroxylation sites is 2. The van der Waals surface area contributed by atoms with E-state index in [-0.39, 0.29) is 5.91 Å². The van der Waals surface area contributed by atoms with Crippen molar-refractivity contribution in [2.24, 2.45) is 5.92 Å². The van der Waals surface area contributed by atoms with E-state index in [1.54, 1.807) is 13.8 Å². The molecular formula is C19H19NO4. The zero-order chi connectivity index (χ0) is 17.3. The monoisotopic (exact) mass is 325 g/mol. The molecule has 0 bridgehead atoms. The SMILES string of the molecule is CC(NC(=O)C1c2ccccc2Oc2ccccc21)C(C)C(=O)O. The van der Waals surface area contributed by atoms with Gasteiger partial charge in [-0.1, -0.05) is 36.4 Å². The molecule has 2 atom stereocenters. The third-order valence-corrected chi connectivity index (χ3v) is 4.45. The number of aliphatic carboxylic acids is 1. The maximum Gasteiger partial charge on any atom is 0.308 e. The van der Waals surface area contributed by atoms with Crippen LogP contribution in [0.3, 0.4) is 0 Å². The number of carboxylic acids is 1. The summed E-state index contributed by atoms with van der Waals surface area (Å²) in [6.45, 7) is 3.28. The van der Waals surface area contributed by atoms with Gasteiger partial charge in [-0.05, 0) is 26.0 Å². The summed E-state index contributed by atoms with van der Waals surface area (Å²) in [5.74, 6) is -1.05. The summed E-state index contributed by atoms with van der Waals surface area (Å²) in [7, 11) is 0. The van der Waals surface area contributed by atoms with E-state index in [2.05, 4.69) is 5.32 Å². The van der Waals surface area contributed by atoms with Crippen LogP contribution in [0.4, 0.5) is 0 Å². The summed E-state index contributed by atoms with van der Waals surface area (Å²) in [4.78, 5) is 24.0. The van der Waals surface area contributed by atoms with Crippen molar-refractivity contribution in [3.8, 4) is 11.5 Å². The quantitative estimate of drug-likeness (QED) is 0.905. The van der Waals surface area contributed by atoms with Gasteiger partial charge in [0.05, 0.1) is 11.8 Å². The maximum absolute atomic E-state index is 12.9. The lowest BCUT2D eigenvalue weighted by atomic mass is 9.87. The summed E-state index contributed by atoms with van der Waals surface area (Å²) in [6.07, 6.45) is 0. The fraction of sp³-hybridized carbons (Fsp3) is 0.263. The minimum Gasteiger partial charge on any atom is -0.481 e. The number of hydrogen-bond donors (Lipinski definition) is 2. The zero-order valence-corrected chi connectivity index (χ0v) is 13.5. The second kappa shape index (κ2) is 6.35. The number of hydrogen-bond acceptors (Lipinski definition) is 3. The minimum absolute atomic E-state index is 0.223. The van der Waals surface area contributed by atoms with Gasteiger partial charge < -0.3 is 15.2 Å². The normalized spacial score (nSPS) is 15.4. The molecule has 5 heteroatoms. The van der Waals surface area contributed by atoms with Gasteiger partial charge in [0.1, 0.15) is 11.5 Å². The molecular weight excluding hydrogens is 306 g/mol. The van der Waals surface area contributed by atoms with Gasteiger partial charge in [0.2, 0.25) is 5.91 Å². The molecule has 0 aliphatic carbocycles. The Morgan fingerprint density at radius 3 is 2.00 bits per heavy atom. The molecule has 1 heterocycles. The lowest BCUT2D eigenvalue weighted by molar-refractivity contribution is -0.142. The van der Waals surface area contributed by atoms with Crippen LogP contribution in [0.1, 0.15) is 30.9 Å². The van der Waals surface area contributed by atoms with Gasteiger partial charge in [0.25, 0.3) is 0 Å². The molecule has 24 heavy (non-hydrogen) atoms. The second-order valence-corrected chi connectivity index (χ2v) is 6.03. The molecule has 0 aromatic heterocycles. The summed E-state index contributed by atoms with van der Waals surface area (Å²) in [6, 6.07) is 14.3. The van der Waals surface area contributed by atoms with Gasteiger partial charge in [-0.25, -0.2) is 0 Å². The van der Waals surface area contributed by atoms with Crippen LogP contribution in [0.25, 0.3) is 0 Å². The first kappa shape index (κ1) is 16.1. The van der Waals surface area contributed by atoms with Crippen LogP contribution in [-0.4, -0.2) is 23.0 Å². The van der Waals surface area contributed by atoms with Crippen LogP contribution >= 0.6 is 0 Å². The van der Waals surface area contributed by atoms with Crippen molar-refractivity contribution in [3.63, 3.8) is 0 Å². The average molecular weight is 325 g/mol. The van der Waals surface area contributed by atoms with Gasteiger partial charge in [0, 0.05) is 17.2 Å². The molecule has 0 fully saturated rings. The summed E-state index contributed by atoms with van der Waals surface area (Å²) in [5.41, 5.74) is 1.56. The second-order valence-electron chi connectivity index (χ2n) is 6.03. The van der Waals surface area contributed by atoms with Gasteiger partial charge in [-0.2, -0.15) is 0 Å². The molecule has 5 nitrogen and oxygen atoms in total. The van der Waals surface area contributed by atoms with Crippen molar-refractivity contribution >= 4 is 11.9 Å². The molecule has 1 amide bonds. The van der Waals surface area contributed by atoms with Gasteiger partial charge >= 0.3 is 5.97 Å². The van der Waals surface area contributed by atoms with Gasteiger partial charge in [0.15, 0.2) is 0 Å². The Balaban J connectivity index is 1.95. The molecule has 3 rings (SSSR count). The Morgan fingerprint density at radius 2 is 1.50 bits per heavy atom. The highest BCUT2D eigenvalue weighted by molar-refractivity contribution is 5.90. The van der Waals surface area contributed by atoms with E-state index in [1.807, 2.05) is 48.5 Å². The highest BCUT2D eigenvalue weighted by atomic mass is 16.5. The van der Waals surface area contributed by atoms with Crippen LogP contribution in [0, 0.1) is 5.92 Å². The number of fused-ring (bicyclic) bond motifs is 2. The van der Waals surface area contributed by atoms with Crippen molar-refractivity contribution in [2.45, 2.75) is 25.8 Å². The van der Waals surface area contributed by atoms with Crippen molar-refractivity contribution in [3.05, 3.63) is 59.7 Å². The Morgan fingerprint density at radius 1 is 1.00 bits per heavy atom. The molecule has 0 radical (unpaired) electrons. The van der Waals surface area contributed by atoms with Crippen LogP contribution in [-0.2, 0) is 9.59 Å². The van der Waals surface area contributed by atoms with E-state index in [0.717, 1.165) is 11.1 Å². The number of carbonyl (C=O) groups is 2. The third kappa shape index (κ3) is 2.85. The zero-order valence-electron chi connectivity index (χ0n) is 13.5. The molecule has 0 spiro atoms. The molecule has 1 aliphatic heterocycles. The van der Waals surface area contributed by atoms with E-state index in [0.29, 0.717) is 11.5 Å². The van der Waals surface area contributed by atoms with Gasteiger partial charge in [-0.15, -0.1) is 0 Å². The molecule has 0 saturated carbocycles. The van der Waals surface area contributed by atoms with Crippen LogP contribution in [0.5, 0.6) is 11.5 Å². The molecule has 1 aliphatic rings. The van der Waals surface area contributed by atoms with E-state index in [9.17, 15) is 9.59 Å². The lowest BCUT2D eigenvalue weighted by Crippen LogP contribution is -2.42. The first-order valence-electron chi connectivity index (χ1n) is 7.88. The number of nitrogens with one attached hydrogen (secondary N) is 1. The van der Waals surface area contributed by atoms with E-state index < -0.39 is 23.8 Å². The molecule has 2 aromatic carbocycles. The first-order chi connectivity index (χ1) is 11.5. The van der Waals surface area contributed by atoms with Crippen molar-refractivity contribution < 1.29 is 19.4 Å². The number of carbonyl (C=O) groups excluding carboxylic acids is 1. The smallest absolute Gasteiger partial charge is 0.308 e. The number of benzene rings is 2. The maximum atomic E-state index is 12.9. The number of ether oxygens (including phenoxy) is 1. The molecule has 124 valence electrons. The lowest BCUT2D eigenvalue weighted by Gasteiger charge is -2.29. The topological polar surface area (TPSA) is 75.6 Å². The van der Waals surface area contributed by atoms with Gasteiger partial charge in [-0.3, -0.25) is 9.59 Å².